The number of H-pyrrole nitrogens is 2. The molecule has 2 saturated heterocycles. The molecule has 270 valence electrons. The van der Waals surface area contributed by atoms with Crippen LogP contribution in [0.5, 0.6) is 0 Å². The normalized spacial score (nSPS) is 19.7. The topological polar surface area (TPSA) is 156 Å². The average molecular weight is 702 g/mol. The first-order valence-electron chi connectivity index (χ1n) is 18.1. The van der Waals surface area contributed by atoms with E-state index in [1.807, 2.05) is 24.9 Å². The number of likely N-dealkylation sites (tertiary alicyclic amines) is 2. The molecule has 4 atom stereocenters. The fraction of sp³-hybridized carbons (Fsp3) is 0.400. The Morgan fingerprint density at radius 3 is 1.85 bits per heavy atom. The van der Waals surface area contributed by atoms with Gasteiger partial charge in [-0.25, -0.2) is 24.7 Å². The van der Waals surface area contributed by atoms with Crippen LogP contribution in [0, 0.1) is 11.3 Å². The molecule has 4 N–H and O–H groups in total. The fourth-order valence-electron chi connectivity index (χ4n) is 7.71. The lowest BCUT2D eigenvalue weighted by Gasteiger charge is -2.35. The zero-order chi connectivity index (χ0) is 36.6. The molecule has 5 aromatic rings. The van der Waals surface area contributed by atoms with Gasteiger partial charge in [-0.15, -0.1) is 0 Å². The molecule has 2 aromatic carbocycles. The summed E-state index contributed by atoms with van der Waals surface area (Å²) in [6, 6.07) is 17.5. The van der Waals surface area contributed by atoms with Gasteiger partial charge in [0, 0.05) is 25.0 Å². The molecule has 2 aliphatic rings. The molecule has 0 aliphatic carbocycles. The second-order valence-corrected chi connectivity index (χ2v) is 15.3. The van der Waals surface area contributed by atoms with Gasteiger partial charge in [0.25, 0.3) is 0 Å². The molecular weight excluding hydrogens is 655 g/mol. The molecule has 0 saturated carbocycles. The van der Waals surface area contributed by atoms with Crippen molar-refractivity contribution >= 4 is 17.9 Å². The van der Waals surface area contributed by atoms with Crippen molar-refractivity contribution in [3.8, 4) is 33.6 Å². The van der Waals surface area contributed by atoms with Crippen molar-refractivity contribution in [1.82, 2.24) is 39.7 Å². The van der Waals surface area contributed by atoms with E-state index >= 15 is 0 Å². The smallest absolute Gasteiger partial charge is 0.408 e. The van der Waals surface area contributed by atoms with E-state index in [0.717, 1.165) is 65.1 Å². The Kier molecular flexibility index (Phi) is 9.56. The number of aromatic amines is 2. The first-order chi connectivity index (χ1) is 25.0. The summed E-state index contributed by atoms with van der Waals surface area (Å²) in [5.41, 5.74) is 5.78. The number of benzene rings is 2. The number of carbonyl (C=O) groups excluding carboxylic acids is 1. The van der Waals surface area contributed by atoms with Crippen LogP contribution < -0.4 is 5.32 Å². The second kappa shape index (κ2) is 14.2. The Morgan fingerprint density at radius 2 is 1.33 bits per heavy atom. The summed E-state index contributed by atoms with van der Waals surface area (Å²) in [5, 5.41) is 13.3. The van der Waals surface area contributed by atoms with Gasteiger partial charge in [0.05, 0.1) is 35.9 Å². The minimum atomic E-state index is -0.903. The SMILES string of the molecule is CC(C)C(Nc1ncccn1)C(=O)N1CCCC1c1ncc(-c2ccc(-c3ccc(-c4cnc(C5CCC(C(C)(C)C)N5C(=O)O)[nH]4)cc3)cc2)[nH]1. The Balaban J connectivity index is 1.01. The van der Waals surface area contributed by atoms with Crippen LogP contribution in [0.25, 0.3) is 33.6 Å². The van der Waals surface area contributed by atoms with Crippen LogP contribution in [0.4, 0.5) is 10.7 Å². The lowest BCUT2D eigenvalue weighted by atomic mass is 9.85. The largest absolute Gasteiger partial charge is 0.465 e. The molecule has 12 nitrogen and oxygen atoms in total. The molecule has 0 bridgehead atoms. The molecule has 52 heavy (non-hydrogen) atoms. The van der Waals surface area contributed by atoms with Gasteiger partial charge in [-0.05, 0) is 65.3 Å². The maximum absolute atomic E-state index is 13.8. The number of aromatic nitrogens is 6. The van der Waals surface area contributed by atoms with Gasteiger partial charge in [-0.3, -0.25) is 9.69 Å². The summed E-state index contributed by atoms with van der Waals surface area (Å²) in [6.07, 6.45) is 9.39. The first-order valence-corrected chi connectivity index (χ1v) is 18.1. The van der Waals surface area contributed by atoms with Crippen LogP contribution in [-0.2, 0) is 4.79 Å². The molecular formula is C40H47N9O3. The highest BCUT2D eigenvalue weighted by Gasteiger charge is 2.44. The van der Waals surface area contributed by atoms with E-state index in [-0.39, 0.29) is 35.4 Å². The highest BCUT2D eigenvalue weighted by atomic mass is 16.4. The monoisotopic (exact) mass is 701 g/mol. The van der Waals surface area contributed by atoms with Crippen molar-refractivity contribution in [2.75, 3.05) is 11.9 Å². The van der Waals surface area contributed by atoms with E-state index in [1.165, 1.54) is 0 Å². The number of rotatable bonds is 9. The van der Waals surface area contributed by atoms with Crippen molar-refractivity contribution in [2.45, 2.75) is 84.5 Å². The van der Waals surface area contributed by atoms with E-state index in [1.54, 1.807) is 29.6 Å². The summed E-state index contributed by atoms with van der Waals surface area (Å²) < 4.78 is 0. The Hall–Kier alpha value is -5.52. The molecule has 5 heterocycles. The minimum Gasteiger partial charge on any atom is -0.465 e. The maximum Gasteiger partial charge on any atom is 0.408 e. The lowest BCUT2D eigenvalue weighted by Crippen LogP contribution is -2.45. The number of nitrogens with zero attached hydrogens (tertiary/aromatic N) is 6. The maximum atomic E-state index is 13.8. The Labute approximate surface area is 304 Å². The molecule has 0 spiro atoms. The molecule has 2 fully saturated rings. The number of carbonyl (C=O) groups is 2. The third-order valence-corrected chi connectivity index (χ3v) is 10.5. The molecule has 0 radical (unpaired) electrons. The van der Waals surface area contributed by atoms with E-state index in [2.05, 4.69) is 99.5 Å². The zero-order valence-corrected chi connectivity index (χ0v) is 30.4. The Bertz CT molecular complexity index is 2000. The number of nitrogens with one attached hydrogen (secondary N) is 3. The number of carboxylic acid groups (broad SMARTS) is 1. The van der Waals surface area contributed by atoms with Gasteiger partial charge < -0.3 is 25.3 Å². The summed E-state index contributed by atoms with van der Waals surface area (Å²) in [6.45, 7) is 11.0. The zero-order valence-electron chi connectivity index (χ0n) is 30.4. The quantitative estimate of drug-likeness (QED) is 0.121. The van der Waals surface area contributed by atoms with E-state index in [4.69, 9.17) is 4.98 Å². The lowest BCUT2D eigenvalue weighted by molar-refractivity contribution is -0.134. The van der Waals surface area contributed by atoms with Gasteiger partial charge in [-0.2, -0.15) is 0 Å². The number of amides is 2. The second-order valence-electron chi connectivity index (χ2n) is 15.3. The van der Waals surface area contributed by atoms with Gasteiger partial charge in [0.15, 0.2) is 0 Å². The van der Waals surface area contributed by atoms with E-state index in [9.17, 15) is 14.7 Å². The summed E-state index contributed by atoms with van der Waals surface area (Å²) in [7, 11) is 0. The summed E-state index contributed by atoms with van der Waals surface area (Å²) in [4.78, 5) is 54.3. The number of anilines is 1. The van der Waals surface area contributed by atoms with Crippen LogP contribution >= 0.6 is 0 Å². The number of imidazole rings is 2. The minimum absolute atomic E-state index is 0.0270. The van der Waals surface area contributed by atoms with Crippen LogP contribution in [0.2, 0.25) is 0 Å². The van der Waals surface area contributed by atoms with E-state index in [0.29, 0.717) is 18.3 Å². The van der Waals surface area contributed by atoms with Gasteiger partial charge >= 0.3 is 6.09 Å². The average Bonchev–Trinajstić information content (AvgIpc) is 3.96. The third kappa shape index (κ3) is 7.02. The molecule has 2 aliphatic heterocycles. The summed E-state index contributed by atoms with van der Waals surface area (Å²) >= 11 is 0. The molecule has 7 rings (SSSR count). The van der Waals surface area contributed by atoms with Gasteiger partial charge in [-0.1, -0.05) is 83.1 Å². The molecule has 2 amide bonds. The van der Waals surface area contributed by atoms with Gasteiger partial charge in [0.2, 0.25) is 11.9 Å². The predicted octanol–water partition coefficient (Wildman–Crippen LogP) is 7.95. The number of hydrogen-bond donors (Lipinski definition) is 4. The summed E-state index contributed by atoms with van der Waals surface area (Å²) in [5.74, 6) is 2.00. The molecule has 12 heteroatoms. The highest BCUT2D eigenvalue weighted by Crippen LogP contribution is 2.42. The van der Waals surface area contributed by atoms with Crippen LogP contribution in [0.1, 0.15) is 84.0 Å². The fourth-order valence-corrected chi connectivity index (χ4v) is 7.71. The molecule has 3 aromatic heterocycles. The van der Waals surface area contributed by atoms with Crippen molar-refractivity contribution in [3.05, 3.63) is 91.0 Å². The Morgan fingerprint density at radius 1 is 0.788 bits per heavy atom. The predicted molar refractivity (Wildman–Crippen MR) is 200 cm³/mol. The van der Waals surface area contributed by atoms with Crippen molar-refractivity contribution in [3.63, 3.8) is 0 Å². The highest BCUT2D eigenvalue weighted by molar-refractivity contribution is 5.85. The standard InChI is InChI=1S/C40H47N9O3/c1-24(2)34(47-38-41-19-7-20-42-38)37(50)48-21-6-8-31(48)35-43-22-29(45-35)27-13-9-25(10-14-27)26-11-15-28(16-12-26)30-23-44-36(46-30)32-17-18-33(40(3,4)5)49(32)39(51)52/h7,9-16,19-20,22-24,31-34H,6,8,17-18,21H2,1-5H3,(H,43,45)(H,44,46)(H,51,52)(H,41,42,47). The molecule has 4 unspecified atom stereocenters. The van der Waals surface area contributed by atoms with Crippen LogP contribution in [0.15, 0.2) is 79.4 Å². The number of hydrogen-bond acceptors (Lipinski definition) is 7. The van der Waals surface area contributed by atoms with Crippen LogP contribution in [-0.4, -0.2) is 75.4 Å². The third-order valence-electron chi connectivity index (χ3n) is 10.5. The van der Waals surface area contributed by atoms with Gasteiger partial charge in [0.1, 0.15) is 17.7 Å². The van der Waals surface area contributed by atoms with Crippen molar-refractivity contribution in [1.29, 1.82) is 0 Å². The van der Waals surface area contributed by atoms with Crippen molar-refractivity contribution < 1.29 is 14.7 Å². The van der Waals surface area contributed by atoms with E-state index < -0.39 is 12.1 Å². The first kappa shape index (κ1) is 34.9. The van der Waals surface area contributed by atoms with Crippen LogP contribution in [0.3, 0.4) is 0 Å². The van der Waals surface area contributed by atoms with Crippen molar-refractivity contribution in [2.24, 2.45) is 11.3 Å².